The van der Waals surface area contributed by atoms with Crippen molar-refractivity contribution in [3.8, 4) is 0 Å². The summed E-state index contributed by atoms with van der Waals surface area (Å²) in [4.78, 5) is 12.8. The van der Waals surface area contributed by atoms with E-state index in [1.807, 2.05) is 0 Å². The van der Waals surface area contributed by atoms with E-state index in [0.717, 1.165) is 22.5 Å². The van der Waals surface area contributed by atoms with Gasteiger partial charge in [-0.05, 0) is 47.0 Å². The van der Waals surface area contributed by atoms with E-state index in [4.69, 9.17) is 4.74 Å². The molecule has 1 aromatic rings. The molecule has 0 amide bonds. The quantitative estimate of drug-likeness (QED) is 0.781. The van der Waals surface area contributed by atoms with Crippen LogP contribution in [0.2, 0.25) is 0 Å². The van der Waals surface area contributed by atoms with Crippen molar-refractivity contribution in [1.29, 1.82) is 0 Å². The molecule has 19 heavy (non-hydrogen) atoms. The normalized spacial score (nSPS) is 29.1. The molecular weight excluding hydrogens is 308 g/mol. The number of aromatic nitrogens is 2. The van der Waals surface area contributed by atoms with Crippen LogP contribution in [0.3, 0.4) is 0 Å². The summed E-state index contributed by atoms with van der Waals surface area (Å²) in [5.41, 5.74) is 0.731. The molecule has 2 saturated carbocycles. The van der Waals surface area contributed by atoms with Crippen LogP contribution in [0.5, 0.6) is 0 Å². The van der Waals surface area contributed by atoms with Gasteiger partial charge >= 0.3 is 0 Å². The van der Waals surface area contributed by atoms with Crippen molar-refractivity contribution in [1.82, 2.24) is 9.78 Å². The second-order valence-corrected chi connectivity index (χ2v) is 6.56. The molecule has 4 nitrogen and oxygen atoms in total. The maximum absolute atomic E-state index is 12.8. The van der Waals surface area contributed by atoms with Crippen molar-refractivity contribution in [3.05, 3.63) is 16.4 Å². The van der Waals surface area contributed by atoms with Gasteiger partial charge in [0, 0.05) is 13.0 Å². The van der Waals surface area contributed by atoms with Gasteiger partial charge in [0.25, 0.3) is 0 Å². The molecule has 0 spiro atoms. The lowest BCUT2D eigenvalue weighted by molar-refractivity contribution is 0.0859. The van der Waals surface area contributed by atoms with Gasteiger partial charge in [-0.25, -0.2) is 0 Å². The number of ketones is 1. The lowest BCUT2D eigenvalue weighted by Crippen LogP contribution is -2.25. The van der Waals surface area contributed by atoms with Crippen LogP contribution in [0.25, 0.3) is 0 Å². The van der Waals surface area contributed by atoms with Crippen LogP contribution >= 0.6 is 15.9 Å². The number of Topliss-reactive ketones (excluding diaryl/α,β-unsaturated/α-hetero) is 1. The van der Waals surface area contributed by atoms with E-state index in [-0.39, 0.29) is 11.7 Å². The second kappa shape index (κ2) is 5.37. The van der Waals surface area contributed by atoms with E-state index < -0.39 is 0 Å². The third-order valence-electron chi connectivity index (χ3n) is 4.61. The SMILES string of the molecule is COCCn1ncc(Br)c1C(=O)C1CC2CCC1C2. The number of carbonyl (C=O) groups is 1. The Hall–Kier alpha value is -0.680. The van der Waals surface area contributed by atoms with Gasteiger partial charge in [-0.1, -0.05) is 6.42 Å². The zero-order valence-corrected chi connectivity index (χ0v) is 12.7. The topological polar surface area (TPSA) is 44.1 Å². The van der Waals surface area contributed by atoms with Crippen molar-refractivity contribution >= 4 is 21.7 Å². The molecular formula is C14H19BrN2O2. The maximum atomic E-state index is 12.8. The first kappa shape index (κ1) is 13.3. The van der Waals surface area contributed by atoms with Crippen LogP contribution in [-0.2, 0) is 11.3 Å². The first-order valence-electron chi connectivity index (χ1n) is 6.95. The molecule has 0 saturated heterocycles. The Morgan fingerprint density at radius 3 is 3.00 bits per heavy atom. The minimum absolute atomic E-state index is 0.216. The Balaban J connectivity index is 1.81. The minimum Gasteiger partial charge on any atom is -0.383 e. The summed E-state index contributed by atoms with van der Waals surface area (Å²) in [6, 6.07) is 0. The van der Waals surface area contributed by atoms with Crippen LogP contribution in [0.15, 0.2) is 10.7 Å². The number of carbonyl (C=O) groups excluding carboxylic acids is 1. The summed E-state index contributed by atoms with van der Waals surface area (Å²) < 4.78 is 7.67. The fraction of sp³-hybridized carbons (Fsp3) is 0.714. The monoisotopic (exact) mass is 326 g/mol. The highest BCUT2D eigenvalue weighted by Crippen LogP contribution is 2.49. The fourth-order valence-corrected chi connectivity index (χ4v) is 4.19. The van der Waals surface area contributed by atoms with E-state index >= 15 is 0 Å². The first-order chi connectivity index (χ1) is 9.20. The second-order valence-electron chi connectivity index (χ2n) is 5.70. The predicted octanol–water partition coefficient (Wildman–Crippen LogP) is 2.91. The van der Waals surface area contributed by atoms with Gasteiger partial charge in [-0.2, -0.15) is 5.10 Å². The van der Waals surface area contributed by atoms with Gasteiger partial charge in [0.1, 0.15) is 5.69 Å². The van der Waals surface area contributed by atoms with Gasteiger partial charge in [-0.3, -0.25) is 9.48 Å². The number of fused-ring (bicyclic) bond motifs is 2. The molecule has 0 aliphatic heterocycles. The van der Waals surface area contributed by atoms with Crippen LogP contribution in [0.1, 0.15) is 36.2 Å². The number of ether oxygens (including phenoxy) is 1. The molecule has 5 heteroatoms. The van der Waals surface area contributed by atoms with Crippen LogP contribution in [0, 0.1) is 17.8 Å². The molecule has 2 aliphatic rings. The highest BCUT2D eigenvalue weighted by atomic mass is 79.9. The Bertz CT molecular complexity index is 486. The summed E-state index contributed by atoms with van der Waals surface area (Å²) in [5, 5.41) is 4.28. The van der Waals surface area contributed by atoms with Crippen molar-refractivity contribution < 1.29 is 9.53 Å². The third kappa shape index (κ3) is 2.38. The lowest BCUT2D eigenvalue weighted by atomic mass is 9.84. The largest absolute Gasteiger partial charge is 0.383 e. The molecule has 0 radical (unpaired) electrons. The Kier molecular flexibility index (Phi) is 3.76. The average Bonchev–Trinajstić information content (AvgIpc) is 3.10. The number of hydrogen-bond donors (Lipinski definition) is 0. The third-order valence-corrected chi connectivity index (χ3v) is 5.19. The maximum Gasteiger partial charge on any atom is 0.185 e. The van der Waals surface area contributed by atoms with Crippen LogP contribution in [0.4, 0.5) is 0 Å². The summed E-state index contributed by atoms with van der Waals surface area (Å²) in [7, 11) is 1.66. The number of methoxy groups -OCH3 is 1. The number of hydrogen-bond acceptors (Lipinski definition) is 3. The van der Waals surface area contributed by atoms with Crippen molar-refractivity contribution in [2.24, 2.45) is 17.8 Å². The molecule has 0 N–H and O–H groups in total. The highest BCUT2D eigenvalue weighted by molar-refractivity contribution is 9.10. The molecule has 0 aromatic carbocycles. The predicted molar refractivity (Wildman–Crippen MR) is 75.1 cm³/mol. The molecule has 3 unspecified atom stereocenters. The van der Waals surface area contributed by atoms with E-state index in [9.17, 15) is 4.79 Å². The molecule has 3 atom stereocenters. The van der Waals surface area contributed by atoms with E-state index in [2.05, 4.69) is 21.0 Å². The minimum atomic E-state index is 0.216. The van der Waals surface area contributed by atoms with Gasteiger partial charge in [0.05, 0.1) is 23.8 Å². The molecule has 2 aliphatic carbocycles. The molecule has 2 bridgehead atoms. The molecule has 104 valence electrons. The molecule has 2 fully saturated rings. The van der Waals surface area contributed by atoms with Gasteiger partial charge < -0.3 is 4.74 Å². The standard InChI is InChI=1S/C14H19BrN2O2/c1-19-5-4-17-13(12(15)8-16-17)14(18)11-7-9-2-3-10(11)6-9/h8-11H,2-7H2,1H3. The smallest absolute Gasteiger partial charge is 0.185 e. The number of nitrogens with zero attached hydrogens (tertiary/aromatic N) is 2. The van der Waals surface area contributed by atoms with Gasteiger partial charge in [0.15, 0.2) is 5.78 Å². The summed E-state index contributed by atoms with van der Waals surface area (Å²) in [5.74, 6) is 1.88. The average molecular weight is 327 g/mol. The number of rotatable bonds is 5. The van der Waals surface area contributed by atoms with Crippen molar-refractivity contribution in [2.75, 3.05) is 13.7 Å². The first-order valence-corrected chi connectivity index (χ1v) is 7.74. The Morgan fingerprint density at radius 2 is 2.37 bits per heavy atom. The Morgan fingerprint density at radius 1 is 1.53 bits per heavy atom. The lowest BCUT2D eigenvalue weighted by Gasteiger charge is -2.20. The molecule has 1 heterocycles. The van der Waals surface area contributed by atoms with E-state index in [1.165, 1.54) is 19.3 Å². The zero-order valence-electron chi connectivity index (χ0n) is 11.1. The fourth-order valence-electron chi connectivity index (χ4n) is 3.70. The van der Waals surface area contributed by atoms with Crippen molar-refractivity contribution in [3.63, 3.8) is 0 Å². The summed E-state index contributed by atoms with van der Waals surface area (Å²) >= 11 is 3.46. The van der Waals surface area contributed by atoms with Crippen LogP contribution in [-0.4, -0.2) is 29.3 Å². The number of halogens is 1. The summed E-state index contributed by atoms with van der Waals surface area (Å²) in [6.45, 7) is 1.20. The molecule has 1 aromatic heterocycles. The van der Waals surface area contributed by atoms with E-state index in [1.54, 1.807) is 18.0 Å². The van der Waals surface area contributed by atoms with Gasteiger partial charge in [-0.15, -0.1) is 0 Å². The Labute approximate surface area is 121 Å². The highest BCUT2D eigenvalue weighted by Gasteiger charge is 2.44. The van der Waals surface area contributed by atoms with Crippen LogP contribution < -0.4 is 0 Å². The van der Waals surface area contributed by atoms with Crippen molar-refractivity contribution in [2.45, 2.75) is 32.2 Å². The summed E-state index contributed by atoms with van der Waals surface area (Å²) in [6.07, 6.45) is 6.59. The zero-order chi connectivity index (χ0) is 13.4. The van der Waals surface area contributed by atoms with E-state index in [0.29, 0.717) is 19.1 Å². The van der Waals surface area contributed by atoms with Gasteiger partial charge in [0.2, 0.25) is 0 Å². The molecule has 3 rings (SSSR count).